The highest BCUT2D eigenvalue weighted by molar-refractivity contribution is 9.10. The summed E-state index contributed by atoms with van der Waals surface area (Å²) >= 11 is 4.91. The van der Waals surface area contributed by atoms with Gasteiger partial charge in [0.25, 0.3) is 0 Å². The molecular weight excluding hydrogens is 467 g/mol. The number of nitrogens with zero attached hydrogens (tertiary/aromatic N) is 1. The van der Waals surface area contributed by atoms with Gasteiger partial charge in [-0.25, -0.2) is 4.39 Å². The quantitative estimate of drug-likeness (QED) is 0.496. The van der Waals surface area contributed by atoms with Crippen molar-refractivity contribution < 1.29 is 14.0 Å². The zero-order chi connectivity index (χ0) is 22.1. The number of rotatable bonds is 10. The van der Waals surface area contributed by atoms with E-state index in [-0.39, 0.29) is 29.4 Å². The highest BCUT2D eigenvalue weighted by Crippen LogP contribution is 2.18. The molecule has 0 spiro atoms. The number of hydrogen-bond donors (Lipinski definition) is 1. The summed E-state index contributed by atoms with van der Waals surface area (Å²) in [6.45, 7) is 6.07. The normalized spacial score (nSPS) is 12.8. The van der Waals surface area contributed by atoms with Gasteiger partial charge in [0.2, 0.25) is 11.8 Å². The van der Waals surface area contributed by atoms with E-state index in [1.54, 1.807) is 24.0 Å². The summed E-state index contributed by atoms with van der Waals surface area (Å²) in [6.07, 6.45) is 0.825. The third-order valence-electron chi connectivity index (χ3n) is 4.82. The van der Waals surface area contributed by atoms with Crippen LogP contribution in [0.5, 0.6) is 0 Å². The van der Waals surface area contributed by atoms with Crippen LogP contribution in [0.15, 0.2) is 53.0 Å². The molecule has 0 bridgehead atoms. The minimum atomic E-state index is -0.586. The van der Waals surface area contributed by atoms with Crippen molar-refractivity contribution in [1.82, 2.24) is 10.2 Å². The second kappa shape index (κ2) is 12.1. The van der Waals surface area contributed by atoms with Crippen molar-refractivity contribution in [2.75, 3.05) is 5.75 Å². The molecule has 4 nitrogen and oxygen atoms in total. The predicted molar refractivity (Wildman–Crippen MR) is 125 cm³/mol. The van der Waals surface area contributed by atoms with Crippen LogP contribution in [0.1, 0.15) is 38.3 Å². The Kier molecular flexibility index (Phi) is 9.85. The van der Waals surface area contributed by atoms with Crippen molar-refractivity contribution in [3.8, 4) is 0 Å². The van der Waals surface area contributed by atoms with Crippen molar-refractivity contribution in [3.63, 3.8) is 0 Å². The van der Waals surface area contributed by atoms with Crippen LogP contribution in [0, 0.1) is 5.82 Å². The monoisotopic (exact) mass is 494 g/mol. The molecule has 0 aliphatic heterocycles. The molecule has 2 amide bonds. The average Bonchev–Trinajstić information content (AvgIpc) is 2.72. The zero-order valence-electron chi connectivity index (χ0n) is 17.5. The Morgan fingerprint density at radius 3 is 2.47 bits per heavy atom. The molecule has 1 N–H and O–H groups in total. The summed E-state index contributed by atoms with van der Waals surface area (Å²) in [6, 6.07) is 13.5. The lowest BCUT2D eigenvalue weighted by molar-refractivity contribution is -0.138. The molecule has 2 atom stereocenters. The van der Waals surface area contributed by atoms with E-state index in [4.69, 9.17) is 0 Å². The lowest BCUT2D eigenvalue weighted by atomic mass is 10.1. The van der Waals surface area contributed by atoms with Crippen LogP contribution in [0.25, 0.3) is 0 Å². The first-order valence-corrected chi connectivity index (χ1v) is 11.9. The van der Waals surface area contributed by atoms with Gasteiger partial charge in [-0.2, -0.15) is 0 Å². The molecule has 0 fully saturated rings. The smallest absolute Gasteiger partial charge is 0.242 e. The molecule has 2 aromatic carbocycles. The van der Waals surface area contributed by atoms with Gasteiger partial charge in [0, 0.05) is 22.8 Å². The number of carbonyl (C=O) groups excluding carboxylic acids is 2. The highest BCUT2D eigenvalue weighted by Gasteiger charge is 2.26. The van der Waals surface area contributed by atoms with Gasteiger partial charge in [0.15, 0.2) is 0 Å². The first-order chi connectivity index (χ1) is 14.3. The lowest BCUT2D eigenvalue weighted by Gasteiger charge is -2.29. The summed E-state index contributed by atoms with van der Waals surface area (Å²) in [7, 11) is 0. The van der Waals surface area contributed by atoms with Crippen LogP contribution in [-0.4, -0.2) is 34.6 Å². The third kappa shape index (κ3) is 7.76. The average molecular weight is 495 g/mol. The van der Waals surface area contributed by atoms with Gasteiger partial charge in [-0.05, 0) is 55.7 Å². The van der Waals surface area contributed by atoms with Crippen molar-refractivity contribution >= 4 is 39.5 Å². The fourth-order valence-electron chi connectivity index (χ4n) is 2.80. The fourth-order valence-corrected chi connectivity index (χ4v) is 4.12. The molecule has 0 unspecified atom stereocenters. The topological polar surface area (TPSA) is 49.4 Å². The van der Waals surface area contributed by atoms with Gasteiger partial charge >= 0.3 is 0 Å². The van der Waals surface area contributed by atoms with E-state index in [2.05, 4.69) is 21.2 Å². The molecule has 30 heavy (non-hydrogen) atoms. The molecule has 0 saturated heterocycles. The Bertz CT molecular complexity index is 847. The van der Waals surface area contributed by atoms with Gasteiger partial charge in [0.1, 0.15) is 11.9 Å². The molecule has 0 radical (unpaired) electrons. The number of amides is 2. The van der Waals surface area contributed by atoms with Crippen LogP contribution in [0.3, 0.4) is 0 Å². The predicted octanol–water partition coefficient (Wildman–Crippen LogP) is 5.15. The lowest BCUT2D eigenvalue weighted by Crippen LogP contribution is -2.50. The first-order valence-electron chi connectivity index (χ1n) is 9.96. The van der Waals surface area contributed by atoms with Gasteiger partial charge in [-0.3, -0.25) is 9.59 Å². The molecule has 0 saturated carbocycles. The van der Waals surface area contributed by atoms with E-state index in [1.807, 2.05) is 38.1 Å². The van der Waals surface area contributed by atoms with Crippen LogP contribution >= 0.6 is 27.7 Å². The van der Waals surface area contributed by atoms with E-state index in [0.29, 0.717) is 12.3 Å². The number of benzene rings is 2. The maximum atomic E-state index is 13.1. The largest absolute Gasteiger partial charge is 0.352 e. The number of halogens is 2. The van der Waals surface area contributed by atoms with E-state index < -0.39 is 6.04 Å². The first kappa shape index (κ1) is 24.4. The Hall–Kier alpha value is -1.86. The van der Waals surface area contributed by atoms with Crippen molar-refractivity contribution in [3.05, 3.63) is 69.9 Å². The number of nitrogens with one attached hydrogen (secondary N) is 1. The zero-order valence-corrected chi connectivity index (χ0v) is 19.9. The standard InChI is InChI=1S/C23H28BrFN2O2S/c1-4-16(2)26-23(29)17(3)27(13-19-6-5-7-20(24)12-19)22(28)15-30-14-18-8-10-21(25)11-9-18/h5-12,16-17H,4,13-15H2,1-3H3,(H,26,29)/t16-,17-/m0/s1. The van der Waals surface area contributed by atoms with Crippen LogP contribution in [-0.2, 0) is 21.9 Å². The van der Waals surface area contributed by atoms with Crippen molar-refractivity contribution in [1.29, 1.82) is 0 Å². The number of carbonyl (C=O) groups is 2. The Labute approximate surface area is 190 Å². The molecule has 7 heteroatoms. The van der Waals surface area contributed by atoms with Crippen molar-refractivity contribution in [2.45, 2.75) is 51.6 Å². The van der Waals surface area contributed by atoms with Crippen molar-refractivity contribution in [2.24, 2.45) is 0 Å². The van der Waals surface area contributed by atoms with Gasteiger partial charge in [-0.15, -0.1) is 11.8 Å². The maximum absolute atomic E-state index is 13.1. The van der Waals surface area contributed by atoms with Crippen LogP contribution < -0.4 is 5.32 Å². The number of thioether (sulfide) groups is 1. The van der Waals surface area contributed by atoms with Crippen LogP contribution in [0.2, 0.25) is 0 Å². The molecule has 0 aromatic heterocycles. The summed E-state index contributed by atoms with van der Waals surface area (Å²) in [5.74, 6) is 0.308. The maximum Gasteiger partial charge on any atom is 0.242 e. The highest BCUT2D eigenvalue weighted by atomic mass is 79.9. The third-order valence-corrected chi connectivity index (χ3v) is 6.30. The SMILES string of the molecule is CC[C@H](C)NC(=O)[C@H](C)N(Cc1cccc(Br)c1)C(=O)CSCc1ccc(F)cc1. The Balaban J connectivity index is 2.07. The van der Waals surface area contributed by atoms with Gasteiger partial charge in [0.05, 0.1) is 5.75 Å². The molecule has 162 valence electrons. The molecule has 2 rings (SSSR count). The van der Waals surface area contributed by atoms with Gasteiger partial charge < -0.3 is 10.2 Å². The second-order valence-corrected chi connectivity index (χ2v) is 9.17. The molecule has 2 aromatic rings. The summed E-state index contributed by atoms with van der Waals surface area (Å²) in [5, 5.41) is 2.96. The second-order valence-electron chi connectivity index (χ2n) is 7.26. The minimum Gasteiger partial charge on any atom is -0.352 e. The number of hydrogen-bond acceptors (Lipinski definition) is 3. The summed E-state index contributed by atoms with van der Waals surface area (Å²) in [4.78, 5) is 27.3. The van der Waals surface area contributed by atoms with E-state index in [0.717, 1.165) is 22.0 Å². The van der Waals surface area contributed by atoms with E-state index >= 15 is 0 Å². The molecule has 0 aliphatic rings. The summed E-state index contributed by atoms with van der Waals surface area (Å²) < 4.78 is 14.0. The minimum absolute atomic E-state index is 0.0515. The molecular formula is C23H28BrFN2O2S. The summed E-state index contributed by atoms with van der Waals surface area (Å²) in [5.41, 5.74) is 1.90. The molecule has 0 aliphatic carbocycles. The van der Waals surface area contributed by atoms with E-state index in [9.17, 15) is 14.0 Å². The van der Waals surface area contributed by atoms with Gasteiger partial charge in [-0.1, -0.05) is 47.1 Å². The fraction of sp³-hybridized carbons (Fsp3) is 0.391. The Morgan fingerprint density at radius 1 is 1.13 bits per heavy atom. The Morgan fingerprint density at radius 2 is 1.83 bits per heavy atom. The van der Waals surface area contributed by atoms with E-state index in [1.165, 1.54) is 23.9 Å². The molecule has 0 heterocycles. The van der Waals surface area contributed by atoms with Crippen LogP contribution in [0.4, 0.5) is 4.39 Å².